The van der Waals surface area contributed by atoms with Crippen LogP contribution in [0.4, 0.5) is 0 Å². The number of hydrogen-bond acceptors (Lipinski definition) is 0. The highest BCUT2D eigenvalue weighted by Gasteiger charge is 2.01. The molecule has 0 bridgehead atoms. The Labute approximate surface area is 99.1 Å². The maximum Gasteiger partial charge on any atom is -0.0270 e. The van der Waals surface area contributed by atoms with Gasteiger partial charge in [-0.1, -0.05) is 48.6 Å². The lowest BCUT2D eigenvalue weighted by Gasteiger charge is -1.92. The van der Waals surface area contributed by atoms with E-state index in [0.717, 1.165) is 5.57 Å². The van der Waals surface area contributed by atoms with E-state index in [2.05, 4.69) is 64.7 Å². The topological polar surface area (TPSA) is 0 Å². The second-order valence-corrected chi connectivity index (χ2v) is 4.34. The zero-order chi connectivity index (χ0) is 12.1. The first-order valence-electron chi connectivity index (χ1n) is 5.59. The minimum atomic E-state index is 1.16. The molecule has 0 amide bonds. The lowest BCUT2D eigenvalue weighted by molar-refractivity contribution is 1.35. The number of allylic oxidation sites excluding steroid dienone is 11. The maximum atomic E-state index is 3.84. The molecule has 2 aliphatic carbocycles. The molecule has 0 atom stereocenters. The van der Waals surface area contributed by atoms with Crippen LogP contribution in [0.25, 0.3) is 0 Å². The lowest BCUT2D eigenvalue weighted by Crippen LogP contribution is -1.72. The largest absolute Gasteiger partial charge is 0.0915 e. The Morgan fingerprint density at radius 3 is 1.69 bits per heavy atom. The summed E-state index contributed by atoms with van der Waals surface area (Å²) >= 11 is 0. The van der Waals surface area contributed by atoms with Crippen LogP contribution in [0, 0.1) is 0 Å². The highest BCUT2D eigenvalue weighted by Crippen LogP contribution is 2.21. The lowest BCUT2D eigenvalue weighted by atomic mass is 10.1. The first kappa shape index (κ1) is 12.5. The minimum Gasteiger partial charge on any atom is -0.0915 e. The molecule has 0 radical (unpaired) electrons. The van der Waals surface area contributed by atoms with Crippen molar-refractivity contribution >= 4 is 0 Å². The van der Waals surface area contributed by atoms with Crippen molar-refractivity contribution in [1.29, 1.82) is 0 Å². The molecule has 0 nitrogen and oxygen atoms in total. The van der Waals surface area contributed by atoms with Crippen molar-refractivity contribution in [3.05, 3.63) is 70.9 Å². The van der Waals surface area contributed by atoms with Crippen molar-refractivity contribution in [2.24, 2.45) is 0 Å². The maximum absolute atomic E-state index is 3.84. The molecule has 2 rings (SSSR count). The predicted molar refractivity (Wildman–Crippen MR) is 73.3 cm³/mol. The molecular formula is C16H20. The van der Waals surface area contributed by atoms with Gasteiger partial charge in [-0.15, -0.1) is 0 Å². The summed E-state index contributed by atoms with van der Waals surface area (Å²) in [5.41, 5.74) is 6.56. The van der Waals surface area contributed by atoms with Gasteiger partial charge in [0.05, 0.1) is 0 Å². The van der Waals surface area contributed by atoms with Crippen molar-refractivity contribution < 1.29 is 0 Å². The zero-order valence-electron chi connectivity index (χ0n) is 10.7. The van der Waals surface area contributed by atoms with Crippen LogP contribution >= 0.6 is 0 Å². The van der Waals surface area contributed by atoms with Gasteiger partial charge in [-0.05, 0) is 50.0 Å². The SMILES string of the molecule is C=C1C=CC(C)=C1C.CC(C)=C1C=CC=C1. The fourth-order valence-corrected chi connectivity index (χ4v) is 1.44. The van der Waals surface area contributed by atoms with Crippen LogP contribution in [-0.2, 0) is 0 Å². The molecule has 0 N–H and O–H groups in total. The summed E-state index contributed by atoms with van der Waals surface area (Å²) in [6.45, 7) is 12.3. The van der Waals surface area contributed by atoms with E-state index < -0.39 is 0 Å². The van der Waals surface area contributed by atoms with Crippen LogP contribution in [0.5, 0.6) is 0 Å². The summed E-state index contributed by atoms with van der Waals surface area (Å²) in [6.07, 6.45) is 12.5. The van der Waals surface area contributed by atoms with E-state index in [1.54, 1.807) is 0 Å². The highest BCUT2D eigenvalue weighted by atomic mass is 14.1. The molecule has 0 aromatic rings. The Morgan fingerprint density at radius 2 is 1.50 bits per heavy atom. The standard InChI is InChI=1S/2C8H10/c1-6-4-5-7(2)8(6)3;1-7(2)8-5-3-4-6-8/h4-5H,1H2,2-3H3;3-6H,1-2H3. The molecule has 16 heavy (non-hydrogen) atoms. The van der Waals surface area contributed by atoms with Crippen LogP contribution in [-0.4, -0.2) is 0 Å². The van der Waals surface area contributed by atoms with Crippen molar-refractivity contribution in [1.82, 2.24) is 0 Å². The fraction of sp³-hybridized carbons (Fsp3) is 0.250. The molecular weight excluding hydrogens is 192 g/mol. The molecule has 0 heterocycles. The van der Waals surface area contributed by atoms with Crippen LogP contribution in [0.3, 0.4) is 0 Å². The molecule has 0 aliphatic heterocycles. The monoisotopic (exact) mass is 212 g/mol. The van der Waals surface area contributed by atoms with E-state index in [0.29, 0.717) is 0 Å². The van der Waals surface area contributed by atoms with E-state index in [1.165, 1.54) is 22.3 Å². The Balaban J connectivity index is 0.000000160. The summed E-state index contributed by atoms with van der Waals surface area (Å²) in [6, 6.07) is 0. The molecule has 0 aromatic heterocycles. The average Bonchev–Trinajstić information content (AvgIpc) is 2.86. The van der Waals surface area contributed by atoms with Gasteiger partial charge in [0.2, 0.25) is 0 Å². The van der Waals surface area contributed by atoms with E-state index in [1.807, 2.05) is 6.08 Å². The van der Waals surface area contributed by atoms with E-state index in [9.17, 15) is 0 Å². The van der Waals surface area contributed by atoms with Crippen molar-refractivity contribution in [2.45, 2.75) is 27.7 Å². The Morgan fingerprint density at radius 1 is 0.938 bits per heavy atom. The molecule has 2 aliphatic rings. The van der Waals surface area contributed by atoms with Gasteiger partial charge in [-0.2, -0.15) is 0 Å². The first-order valence-corrected chi connectivity index (χ1v) is 5.59. The predicted octanol–water partition coefficient (Wildman–Crippen LogP) is 4.90. The van der Waals surface area contributed by atoms with E-state index in [4.69, 9.17) is 0 Å². The van der Waals surface area contributed by atoms with Crippen molar-refractivity contribution in [2.75, 3.05) is 0 Å². The zero-order valence-corrected chi connectivity index (χ0v) is 10.7. The van der Waals surface area contributed by atoms with Gasteiger partial charge in [-0.25, -0.2) is 0 Å². The Kier molecular flexibility index (Phi) is 4.30. The second-order valence-electron chi connectivity index (χ2n) is 4.34. The first-order chi connectivity index (χ1) is 7.52. The molecule has 0 aromatic carbocycles. The molecule has 0 spiro atoms. The molecule has 84 valence electrons. The van der Waals surface area contributed by atoms with E-state index >= 15 is 0 Å². The second kappa shape index (κ2) is 5.50. The quantitative estimate of drug-likeness (QED) is 0.536. The summed E-state index contributed by atoms with van der Waals surface area (Å²) in [7, 11) is 0. The van der Waals surface area contributed by atoms with Gasteiger partial charge >= 0.3 is 0 Å². The third kappa shape index (κ3) is 3.23. The molecule has 0 saturated carbocycles. The summed E-state index contributed by atoms with van der Waals surface area (Å²) in [4.78, 5) is 0. The van der Waals surface area contributed by atoms with Crippen molar-refractivity contribution in [3.63, 3.8) is 0 Å². The third-order valence-electron chi connectivity index (χ3n) is 2.85. The molecule has 0 unspecified atom stereocenters. The van der Waals surface area contributed by atoms with Crippen LogP contribution < -0.4 is 0 Å². The van der Waals surface area contributed by atoms with Gasteiger partial charge in [0, 0.05) is 0 Å². The highest BCUT2D eigenvalue weighted by molar-refractivity contribution is 5.49. The van der Waals surface area contributed by atoms with Gasteiger partial charge in [0.1, 0.15) is 0 Å². The minimum absolute atomic E-state index is 1.16. The molecule has 0 fully saturated rings. The van der Waals surface area contributed by atoms with Crippen LogP contribution in [0.2, 0.25) is 0 Å². The Bertz CT molecular complexity index is 413. The Hall–Kier alpha value is -1.56. The normalized spacial score (nSPS) is 17.0. The fourth-order valence-electron chi connectivity index (χ4n) is 1.44. The van der Waals surface area contributed by atoms with Crippen LogP contribution in [0.1, 0.15) is 27.7 Å². The van der Waals surface area contributed by atoms with Gasteiger partial charge < -0.3 is 0 Å². The van der Waals surface area contributed by atoms with Gasteiger partial charge in [0.15, 0.2) is 0 Å². The van der Waals surface area contributed by atoms with E-state index in [-0.39, 0.29) is 0 Å². The average molecular weight is 212 g/mol. The van der Waals surface area contributed by atoms with Crippen molar-refractivity contribution in [3.8, 4) is 0 Å². The smallest absolute Gasteiger partial charge is 0.0270 e. The number of hydrogen-bond donors (Lipinski definition) is 0. The molecule has 0 heteroatoms. The molecule has 0 saturated heterocycles. The third-order valence-corrected chi connectivity index (χ3v) is 2.85. The van der Waals surface area contributed by atoms with Crippen LogP contribution in [0.15, 0.2) is 70.9 Å². The summed E-state index contributed by atoms with van der Waals surface area (Å²) in [5.74, 6) is 0. The van der Waals surface area contributed by atoms with Gasteiger partial charge in [-0.3, -0.25) is 0 Å². The summed E-state index contributed by atoms with van der Waals surface area (Å²) < 4.78 is 0. The number of rotatable bonds is 0. The van der Waals surface area contributed by atoms with Gasteiger partial charge in [0.25, 0.3) is 0 Å². The summed E-state index contributed by atoms with van der Waals surface area (Å²) in [5, 5.41) is 0.